The van der Waals surface area contributed by atoms with Gasteiger partial charge in [-0.15, -0.1) is 0 Å². The summed E-state index contributed by atoms with van der Waals surface area (Å²) in [7, 11) is -1.59. The van der Waals surface area contributed by atoms with Gasteiger partial charge in [0.2, 0.25) is 0 Å². The molecule has 7 nitrogen and oxygen atoms in total. The van der Waals surface area contributed by atoms with Crippen molar-refractivity contribution in [1.29, 1.82) is 0 Å². The summed E-state index contributed by atoms with van der Waals surface area (Å²) in [6.07, 6.45) is 0.470. The first kappa shape index (κ1) is 21.4. The third-order valence-electron chi connectivity index (χ3n) is 5.28. The van der Waals surface area contributed by atoms with Gasteiger partial charge in [-0.05, 0) is 43.2 Å². The highest BCUT2D eigenvalue weighted by Gasteiger charge is 2.32. The average Bonchev–Trinajstić information content (AvgIpc) is 3.32. The van der Waals surface area contributed by atoms with E-state index in [-0.39, 0.29) is 23.2 Å². The van der Waals surface area contributed by atoms with Crippen molar-refractivity contribution in [3.05, 3.63) is 64.8 Å². The summed E-state index contributed by atoms with van der Waals surface area (Å²) in [5, 5.41) is 7.65. The molecule has 1 atom stereocenters. The summed E-state index contributed by atoms with van der Waals surface area (Å²) in [4.78, 5) is 12.9. The predicted molar refractivity (Wildman–Crippen MR) is 121 cm³/mol. The molecule has 0 aliphatic carbocycles. The Bertz CT molecular complexity index is 1240. The number of anilines is 1. The zero-order valence-corrected chi connectivity index (χ0v) is 18.7. The Morgan fingerprint density at radius 3 is 2.55 bits per heavy atom. The van der Waals surface area contributed by atoms with Crippen LogP contribution < -0.4 is 10.1 Å². The van der Waals surface area contributed by atoms with Crippen molar-refractivity contribution in [2.24, 2.45) is 0 Å². The molecule has 2 aromatic carbocycles. The lowest BCUT2D eigenvalue weighted by atomic mass is 10.1. The topological polar surface area (TPSA) is 90.3 Å². The SMILES string of the molecule is COc1ccc(NC(=O)c2cc(-c3ccc(C)cc3)n([C@H]3CCS(=O)(=O)C3)n2)cc1Cl. The molecule has 0 radical (unpaired) electrons. The maximum Gasteiger partial charge on any atom is 0.276 e. The molecular formula is C22H22ClN3O4S. The van der Waals surface area contributed by atoms with Crippen LogP contribution in [0.25, 0.3) is 11.3 Å². The summed E-state index contributed by atoms with van der Waals surface area (Å²) in [5.74, 6) is 0.238. The van der Waals surface area contributed by atoms with Crippen LogP contribution in [0.1, 0.15) is 28.5 Å². The Morgan fingerprint density at radius 2 is 1.94 bits per heavy atom. The molecule has 1 aliphatic heterocycles. The summed E-state index contributed by atoms with van der Waals surface area (Å²) in [5.41, 5.74) is 3.39. The maximum atomic E-state index is 12.9. The van der Waals surface area contributed by atoms with Crippen LogP contribution in [0.5, 0.6) is 5.75 Å². The number of carbonyl (C=O) groups excluding carboxylic acids is 1. The fourth-order valence-corrected chi connectivity index (χ4v) is 5.58. The third kappa shape index (κ3) is 4.60. The van der Waals surface area contributed by atoms with E-state index in [0.29, 0.717) is 28.6 Å². The van der Waals surface area contributed by atoms with Gasteiger partial charge in [0.25, 0.3) is 5.91 Å². The highest BCUT2D eigenvalue weighted by atomic mass is 35.5. The van der Waals surface area contributed by atoms with Crippen LogP contribution in [0.4, 0.5) is 5.69 Å². The lowest BCUT2D eigenvalue weighted by molar-refractivity contribution is 0.102. The fourth-order valence-electron chi connectivity index (χ4n) is 3.63. The molecular weight excluding hydrogens is 438 g/mol. The van der Waals surface area contributed by atoms with Gasteiger partial charge in [0, 0.05) is 5.69 Å². The minimum Gasteiger partial charge on any atom is -0.495 e. The smallest absolute Gasteiger partial charge is 0.276 e. The molecule has 162 valence electrons. The predicted octanol–water partition coefficient (Wildman–Crippen LogP) is 4.13. The molecule has 2 heterocycles. The van der Waals surface area contributed by atoms with Crippen LogP contribution in [0.3, 0.4) is 0 Å². The van der Waals surface area contributed by atoms with E-state index in [1.165, 1.54) is 7.11 Å². The Morgan fingerprint density at radius 1 is 1.19 bits per heavy atom. The van der Waals surface area contributed by atoms with E-state index in [9.17, 15) is 13.2 Å². The lowest BCUT2D eigenvalue weighted by Crippen LogP contribution is -2.16. The first-order valence-corrected chi connectivity index (χ1v) is 12.0. The van der Waals surface area contributed by atoms with Crippen molar-refractivity contribution in [3.63, 3.8) is 0 Å². The van der Waals surface area contributed by atoms with Gasteiger partial charge in [0.1, 0.15) is 5.75 Å². The van der Waals surface area contributed by atoms with Gasteiger partial charge >= 0.3 is 0 Å². The van der Waals surface area contributed by atoms with Crippen LogP contribution >= 0.6 is 11.6 Å². The van der Waals surface area contributed by atoms with Crippen molar-refractivity contribution in [1.82, 2.24) is 9.78 Å². The largest absolute Gasteiger partial charge is 0.495 e. The summed E-state index contributed by atoms with van der Waals surface area (Å²) >= 11 is 6.14. The number of nitrogens with one attached hydrogen (secondary N) is 1. The molecule has 1 amide bonds. The van der Waals surface area contributed by atoms with Crippen molar-refractivity contribution < 1.29 is 17.9 Å². The Kier molecular flexibility index (Phi) is 5.77. The first-order valence-electron chi connectivity index (χ1n) is 9.77. The molecule has 0 unspecified atom stereocenters. The van der Waals surface area contributed by atoms with E-state index in [1.807, 2.05) is 31.2 Å². The van der Waals surface area contributed by atoms with E-state index in [1.54, 1.807) is 28.9 Å². The summed E-state index contributed by atoms with van der Waals surface area (Å²) in [6, 6.07) is 14.2. The standard InChI is InChI=1S/C22H22ClN3O4S/c1-14-3-5-15(6-4-14)20-12-19(25-26(20)17-9-10-31(28,29)13-17)22(27)24-16-7-8-21(30-2)18(23)11-16/h3-8,11-12,17H,9-10,13H2,1-2H3,(H,24,27)/t17-/m0/s1. The number of sulfone groups is 1. The Balaban J connectivity index is 1.68. The fraction of sp³-hybridized carbons (Fsp3) is 0.273. The second kappa shape index (κ2) is 8.36. The van der Waals surface area contributed by atoms with Gasteiger partial charge in [-0.1, -0.05) is 41.4 Å². The molecule has 1 aliphatic rings. The van der Waals surface area contributed by atoms with Crippen LogP contribution in [0.2, 0.25) is 5.02 Å². The van der Waals surface area contributed by atoms with Crippen LogP contribution in [0, 0.1) is 6.92 Å². The molecule has 3 aromatic rings. The molecule has 0 bridgehead atoms. The number of halogens is 1. The van der Waals surface area contributed by atoms with Crippen molar-refractivity contribution in [2.45, 2.75) is 19.4 Å². The van der Waals surface area contributed by atoms with E-state index >= 15 is 0 Å². The number of amides is 1. The molecule has 31 heavy (non-hydrogen) atoms. The minimum absolute atomic E-state index is 0.0166. The number of hydrogen-bond donors (Lipinski definition) is 1. The number of ether oxygens (including phenoxy) is 1. The van der Waals surface area contributed by atoms with Crippen molar-refractivity contribution in [2.75, 3.05) is 23.9 Å². The van der Waals surface area contributed by atoms with Crippen molar-refractivity contribution >= 4 is 33.0 Å². The van der Waals surface area contributed by atoms with Crippen LogP contribution in [-0.4, -0.2) is 42.7 Å². The summed E-state index contributed by atoms with van der Waals surface area (Å²) in [6.45, 7) is 1.99. The van der Waals surface area contributed by atoms with Gasteiger partial charge in [-0.25, -0.2) is 8.42 Å². The van der Waals surface area contributed by atoms with Gasteiger partial charge in [0.05, 0.1) is 35.4 Å². The van der Waals surface area contributed by atoms with E-state index in [2.05, 4.69) is 10.4 Å². The van der Waals surface area contributed by atoms with Crippen LogP contribution in [0.15, 0.2) is 48.5 Å². The third-order valence-corrected chi connectivity index (χ3v) is 7.33. The zero-order chi connectivity index (χ0) is 22.2. The van der Waals surface area contributed by atoms with Gasteiger partial charge in [-0.3, -0.25) is 9.48 Å². The van der Waals surface area contributed by atoms with E-state index < -0.39 is 15.7 Å². The molecule has 0 spiro atoms. The maximum absolute atomic E-state index is 12.9. The number of nitrogens with zero attached hydrogens (tertiary/aromatic N) is 2. The number of aryl methyl sites for hydroxylation is 1. The molecule has 1 N–H and O–H groups in total. The van der Waals surface area contributed by atoms with E-state index in [0.717, 1.165) is 11.1 Å². The van der Waals surface area contributed by atoms with E-state index in [4.69, 9.17) is 16.3 Å². The second-order valence-corrected chi connectivity index (χ2v) is 10.2. The number of benzene rings is 2. The molecule has 1 aromatic heterocycles. The minimum atomic E-state index is -3.11. The molecule has 9 heteroatoms. The Hall–Kier alpha value is -2.84. The number of hydrogen-bond acceptors (Lipinski definition) is 5. The molecule has 0 saturated carbocycles. The van der Waals surface area contributed by atoms with Gasteiger partial charge in [-0.2, -0.15) is 5.10 Å². The first-order chi connectivity index (χ1) is 14.8. The molecule has 1 saturated heterocycles. The second-order valence-electron chi connectivity index (χ2n) is 7.59. The van der Waals surface area contributed by atoms with Crippen molar-refractivity contribution in [3.8, 4) is 17.0 Å². The quantitative estimate of drug-likeness (QED) is 0.619. The Labute approximate surface area is 185 Å². The number of rotatable bonds is 5. The average molecular weight is 460 g/mol. The highest BCUT2D eigenvalue weighted by molar-refractivity contribution is 7.91. The molecule has 1 fully saturated rings. The molecule has 4 rings (SSSR count). The number of methoxy groups -OCH3 is 1. The van der Waals surface area contributed by atoms with Crippen LogP contribution in [-0.2, 0) is 9.84 Å². The number of aromatic nitrogens is 2. The lowest BCUT2D eigenvalue weighted by Gasteiger charge is -2.13. The zero-order valence-electron chi connectivity index (χ0n) is 17.1. The van der Waals surface area contributed by atoms with Gasteiger partial charge in [0.15, 0.2) is 15.5 Å². The summed E-state index contributed by atoms with van der Waals surface area (Å²) < 4.78 is 30.9. The normalized spacial score (nSPS) is 17.5. The number of carbonyl (C=O) groups is 1. The highest BCUT2D eigenvalue weighted by Crippen LogP contribution is 2.31. The monoisotopic (exact) mass is 459 g/mol. The van der Waals surface area contributed by atoms with Gasteiger partial charge < -0.3 is 10.1 Å².